The van der Waals surface area contributed by atoms with E-state index in [1.165, 1.54) is 14.2 Å². The molecule has 0 saturated carbocycles. The minimum absolute atomic E-state index is 0.0537. The Bertz CT molecular complexity index is 1280. The summed E-state index contributed by atoms with van der Waals surface area (Å²) in [6.07, 6.45) is -0.729. The summed E-state index contributed by atoms with van der Waals surface area (Å²) in [6, 6.07) is 7.13. The van der Waals surface area contributed by atoms with Crippen LogP contribution in [0.15, 0.2) is 39.5 Å². The summed E-state index contributed by atoms with van der Waals surface area (Å²) < 4.78 is 15.8. The van der Waals surface area contributed by atoms with Gasteiger partial charge in [-0.3, -0.25) is 9.59 Å². The second kappa shape index (κ2) is 9.64. The number of benzene rings is 2. The molecule has 3 rings (SSSR count). The first-order valence-corrected chi connectivity index (χ1v) is 10.1. The van der Waals surface area contributed by atoms with Crippen LogP contribution >= 0.6 is 0 Å². The fraction of sp³-hybridized carbons (Fsp3) is 0.292. The number of hydrogen-bond donors (Lipinski definition) is 3. The molecule has 9 nitrogen and oxygen atoms in total. The Hall–Kier alpha value is -4.01. The lowest BCUT2D eigenvalue weighted by molar-refractivity contribution is -0.137. The highest BCUT2D eigenvalue weighted by Crippen LogP contribution is 2.32. The van der Waals surface area contributed by atoms with Crippen LogP contribution in [0.4, 0.5) is 0 Å². The molecule has 1 heterocycles. The van der Waals surface area contributed by atoms with E-state index in [0.29, 0.717) is 28.0 Å². The summed E-state index contributed by atoms with van der Waals surface area (Å²) in [6.45, 7) is 3.38. The molecule has 0 spiro atoms. The Morgan fingerprint density at radius 2 is 1.79 bits per heavy atom. The van der Waals surface area contributed by atoms with Gasteiger partial charge in [-0.15, -0.1) is 0 Å². The van der Waals surface area contributed by atoms with E-state index in [-0.39, 0.29) is 29.7 Å². The molecule has 0 fully saturated rings. The van der Waals surface area contributed by atoms with Gasteiger partial charge in [0, 0.05) is 0 Å². The molecular weight excluding hydrogens is 430 g/mol. The molecule has 1 atom stereocenters. The van der Waals surface area contributed by atoms with Crippen molar-refractivity contribution in [2.75, 3.05) is 14.2 Å². The predicted octanol–water partition coefficient (Wildman–Crippen LogP) is 3.01. The molecule has 0 aliphatic rings. The van der Waals surface area contributed by atoms with Crippen LogP contribution < -0.4 is 20.4 Å². The number of carbonyl (C=O) groups is 2. The smallest absolute Gasteiger partial charge is 0.340 e. The van der Waals surface area contributed by atoms with Crippen LogP contribution in [0.3, 0.4) is 0 Å². The molecule has 174 valence electrons. The highest BCUT2D eigenvalue weighted by Gasteiger charge is 2.22. The average molecular weight is 455 g/mol. The second-order valence-corrected chi connectivity index (χ2v) is 7.66. The Labute approximate surface area is 189 Å². The molecule has 0 aliphatic heterocycles. The van der Waals surface area contributed by atoms with E-state index in [2.05, 4.69) is 5.32 Å². The van der Waals surface area contributed by atoms with Gasteiger partial charge in [-0.05, 0) is 54.8 Å². The molecule has 0 bridgehead atoms. The number of carboxylic acids is 1. The second-order valence-electron chi connectivity index (χ2n) is 7.66. The van der Waals surface area contributed by atoms with Crippen molar-refractivity contribution < 1.29 is 33.7 Å². The first-order chi connectivity index (χ1) is 15.6. The number of aryl methyl sites for hydroxylation is 2. The summed E-state index contributed by atoms with van der Waals surface area (Å²) in [7, 11) is 2.93. The quantitative estimate of drug-likeness (QED) is 0.441. The van der Waals surface area contributed by atoms with Gasteiger partial charge in [0.05, 0.1) is 44.1 Å². The number of aliphatic carboxylic acids is 1. The molecule has 0 radical (unpaired) electrons. The molecule has 9 heteroatoms. The number of phenols is 1. The van der Waals surface area contributed by atoms with Crippen molar-refractivity contribution in [3.63, 3.8) is 0 Å². The fourth-order valence-electron chi connectivity index (χ4n) is 3.76. The third-order valence-electron chi connectivity index (χ3n) is 5.36. The highest BCUT2D eigenvalue weighted by molar-refractivity contribution is 5.89. The molecule has 2 aromatic carbocycles. The molecule has 3 aromatic rings. The van der Waals surface area contributed by atoms with E-state index in [1.807, 2.05) is 0 Å². The van der Waals surface area contributed by atoms with Gasteiger partial charge in [-0.2, -0.15) is 0 Å². The van der Waals surface area contributed by atoms with Crippen molar-refractivity contribution in [2.45, 2.75) is 32.7 Å². The fourth-order valence-corrected chi connectivity index (χ4v) is 3.76. The van der Waals surface area contributed by atoms with E-state index in [1.54, 1.807) is 44.2 Å². The summed E-state index contributed by atoms with van der Waals surface area (Å²) in [4.78, 5) is 36.8. The standard InChI is InChI=1S/C24H25NO8/c1-12-7-17(26)23-13(2)15(24(30)33-20(23)8-12)10-21(27)25-16(11-22(28)29)14-5-6-18(31-3)19(9-14)32-4/h5-9,16,26H,10-11H2,1-4H3,(H,25,27)(H,28,29). The lowest BCUT2D eigenvalue weighted by Gasteiger charge is -2.19. The van der Waals surface area contributed by atoms with Crippen LogP contribution in [0.5, 0.6) is 17.2 Å². The van der Waals surface area contributed by atoms with Crippen LogP contribution in [0.1, 0.15) is 34.7 Å². The van der Waals surface area contributed by atoms with Gasteiger partial charge in [0.15, 0.2) is 11.5 Å². The summed E-state index contributed by atoms with van der Waals surface area (Å²) in [5, 5.41) is 22.7. The molecular formula is C24H25NO8. The van der Waals surface area contributed by atoms with E-state index in [9.17, 15) is 24.6 Å². The number of aromatic hydroxyl groups is 1. The number of hydrogen-bond acceptors (Lipinski definition) is 7. The predicted molar refractivity (Wildman–Crippen MR) is 120 cm³/mol. The van der Waals surface area contributed by atoms with Crippen molar-refractivity contribution in [1.82, 2.24) is 5.32 Å². The molecule has 3 N–H and O–H groups in total. The van der Waals surface area contributed by atoms with Gasteiger partial charge < -0.3 is 29.4 Å². The van der Waals surface area contributed by atoms with E-state index >= 15 is 0 Å². The Morgan fingerprint density at radius 1 is 1.09 bits per heavy atom. The van der Waals surface area contributed by atoms with Crippen molar-refractivity contribution in [3.8, 4) is 17.2 Å². The molecule has 1 aromatic heterocycles. The molecule has 1 unspecified atom stereocenters. The topological polar surface area (TPSA) is 135 Å². The van der Waals surface area contributed by atoms with Crippen LogP contribution in [-0.4, -0.2) is 36.3 Å². The number of methoxy groups -OCH3 is 2. The van der Waals surface area contributed by atoms with Crippen molar-refractivity contribution in [1.29, 1.82) is 0 Å². The molecule has 0 saturated heterocycles. The number of carbonyl (C=O) groups excluding carboxylic acids is 1. The minimum Gasteiger partial charge on any atom is -0.507 e. The SMILES string of the molecule is COc1ccc(C(CC(=O)O)NC(=O)Cc2c(C)c3c(O)cc(C)cc3oc2=O)cc1OC. The zero-order valence-corrected chi connectivity index (χ0v) is 18.7. The number of rotatable bonds is 8. The van der Waals surface area contributed by atoms with Gasteiger partial charge in [-0.25, -0.2) is 4.79 Å². The lowest BCUT2D eigenvalue weighted by Crippen LogP contribution is -2.32. The average Bonchev–Trinajstić information content (AvgIpc) is 2.74. The maximum atomic E-state index is 12.8. The van der Waals surface area contributed by atoms with Crippen LogP contribution in [0.25, 0.3) is 11.0 Å². The van der Waals surface area contributed by atoms with E-state index in [4.69, 9.17) is 13.9 Å². The van der Waals surface area contributed by atoms with Gasteiger partial charge in [-0.1, -0.05) is 6.07 Å². The maximum Gasteiger partial charge on any atom is 0.340 e. The monoisotopic (exact) mass is 455 g/mol. The van der Waals surface area contributed by atoms with Crippen molar-refractivity contribution in [2.24, 2.45) is 0 Å². The number of fused-ring (bicyclic) bond motifs is 1. The highest BCUT2D eigenvalue weighted by atomic mass is 16.5. The van der Waals surface area contributed by atoms with Gasteiger partial charge >= 0.3 is 11.6 Å². The van der Waals surface area contributed by atoms with Gasteiger partial charge in [0.2, 0.25) is 5.91 Å². The zero-order valence-electron chi connectivity index (χ0n) is 18.7. The van der Waals surface area contributed by atoms with Crippen molar-refractivity contribution >= 4 is 22.8 Å². The molecule has 33 heavy (non-hydrogen) atoms. The number of carboxylic acid groups (broad SMARTS) is 1. The minimum atomic E-state index is -1.11. The van der Waals surface area contributed by atoms with Crippen LogP contribution in [-0.2, 0) is 16.0 Å². The Balaban J connectivity index is 1.92. The Kier molecular flexibility index (Phi) is 6.91. The molecule has 1 amide bonds. The first kappa shape index (κ1) is 23.6. The van der Waals surface area contributed by atoms with Crippen LogP contribution in [0.2, 0.25) is 0 Å². The summed E-state index contributed by atoms with van der Waals surface area (Å²) >= 11 is 0. The van der Waals surface area contributed by atoms with Crippen molar-refractivity contribution in [3.05, 3.63) is 63.0 Å². The number of nitrogens with one attached hydrogen (secondary N) is 1. The maximum absolute atomic E-state index is 12.8. The molecule has 0 aliphatic carbocycles. The van der Waals surface area contributed by atoms with E-state index < -0.39 is 23.5 Å². The number of phenolic OH excluding ortho intramolecular Hbond substituents is 1. The third-order valence-corrected chi connectivity index (χ3v) is 5.36. The summed E-state index contributed by atoms with van der Waals surface area (Å²) in [5.74, 6) is -0.895. The number of amides is 1. The Morgan fingerprint density at radius 3 is 2.42 bits per heavy atom. The number of ether oxygens (including phenoxy) is 2. The first-order valence-electron chi connectivity index (χ1n) is 10.1. The largest absolute Gasteiger partial charge is 0.507 e. The summed E-state index contributed by atoms with van der Waals surface area (Å²) in [5.41, 5.74) is 1.27. The van der Waals surface area contributed by atoms with Gasteiger partial charge in [0.1, 0.15) is 11.3 Å². The lowest BCUT2D eigenvalue weighted by atomic mass is 10.00. The van der Waals surface area contributed by atoms with E-state index in [0.717, 1.165) is 5.56 Å². The normalized spacial score (nSPS) is 11.8. The third kappa shape index (κ3) is 5.08. The van der Waals surface area contributed by atoms with Gasteiger partial charge in [0.25, 0.3) is 0 Å². The van der Waals surface area contributed by atoms with Crippen LogP contribution in [0, 0.1) is 13.8 Å². The zero-order chi connectivity index (χ0) is 24.3.